The molecule has 0 unspecified atom stereocenters. The van der Waals surface area contributed by atoms with E-state index in [9.17, 15) is 13.6 Å². The van der Waals surface area contributed by atoms with Crippen LogP contribution in [0, 0.1) is 11.6 Å². The Bertz CT molecular complexity index is 619. The number of carbonyl (C=O) groups excluding carboxylic acids is 1. The van der Waals surface area contributed by atoms with Gasteiger partial charge in [0, 0.05) is 23.6 Å². The summed E-state index contributed by atoms with van der Waals surface area (Å²) in [4.78, 5) is 12.2. The number of carbonyl (C=O) groups is 1. The van der Waals surface area contributed by atoms with Gasteiger partial charge in [-0.3, -0.25) is 4.79 Å². The molecule has 0 aromatic heterocycles. The van der Waals surface area contributed by atoms with Gasteiger partial charge in [0.05, 0.1) is 0 Å². The summed E-state index contributed by atoms with van der Waals surface area (Å²) in [7, 11) is 0. The lowest BCUT2D eigenvalue weighted by Gasteiger charge is -2.06. The van der Waals surface area contributed by atoms with E-state index >= 15 is 0 Å². The fraction of sp³-hybridized carbons (Fsp3) is 0.188. The van der Waals surface area contributed by atoms with Crippen LogP contribution in [0.4, 0.5) is 8.78 Å². The normalized spacial score (nSPS) is 10.4. The van der Waals surface area contributed by atoms with E-state index in [4.69, 9.17) is 0 Å². The molecule has 2 rings (SSSR count). The summed E-state index contributed by atoms with van der Waals surface area (Å²) in [6.07, 6.45) is 0.286. The van der Waals surface area contributed by atoms with Gasteiger partial charge in [0.2, 0.25) is 5.91 Å². The number of amides is 1. The van der Waals surface area contributed by atoms with E-state index in [1.807, 2.05) is 0 Å². The molecule has 0 fully saturated rings. The second kappa shape index (κ2) is 7.78. The molecular formula is C16H15F2NOS. The number of nitrogens with one attached hydrogen (secondary N) is 1. The van der Waals surface area contributed by atoms with Crippen molar-refractivity contribution in [1.82, 2.24) is 5.32 Å². The maximum Gasteiger partial charge on any atom is 0.221 e. The molecule has 2 aromatic carbocycles. The number of hydrogen-bond acceptors (Lipinski definition) is 2. The third kappa shape index (κ3) is 5.19. The first-order valence-corrected chi connectivity index (χ1v) is 7.52. The average Bonchev–Trinajstić information content (AvgIpc) is 2.47. The van der Waals surface area contributed by atoms with Crippen LogP contribution >= 0.6 is 11.8 Å². The largest absolute Gasteiger partial charge is 0.352 e. The second-order valence-corrected chi connectivity index (χ2v) is 5.57. The number of hydrogen-bond donors (Lipinski definition) is 1. The molecular weight excluding hydrogens is 292 g/mol. The third-order valence-electron chi connectivity index (χ3n) is 2.80. The van der Waals surface area contributed by atoms with Crippen molar-refractivity contribution in [1.29, 1.82) is 0 Å². The van der Waals surface area contributed by atoms with E-state index in [2.05, 4.69) is 5.32 Å². The highest BCUT2D eigenvalue weighted by Gasteiger charge is 2.05. The molecule has 0 atom stereocenters. The van der Waals surface area contributed by atoms with Gasteiger partial charge >= 0.3 is 0 Å². The maximum absolute atomic E-state index is 13.4. The Morgan fingerprint density at radius 3 is 2.67 bits per heavy atom. The van der Waals surface area contributed by atoms with Crippen molar-refractivity contribution in [2.24, 2.45) is 0 Å². The molecule has 21 heavy (non-hydrogen) atoms. The van der Waals surface area contributed by atoms with Gasteiger partial charge in [-0.25, -0.2) is 8.78 Å². The summed E-state index contributed by atoms with van der Waals surface area (Å²) in [6.45, 7) is 0.293. The average molecular weight is 307 g/mol. The van der Waals surface area contributed by atoms with E-state index in [0.29, 0.717) is 22.8 Å². The van der Waals surface area contributed by atoms with Crippen molar-refractivity contribution >= 4 is 17.7 Å². The van der Waals surface area contributed by atoms with Crippen LogP contribution in [0.2, 0.25) is 0 Å². The molecule has 0 spiro atoms. The van der Waals surface area contributed by atoms with Crippen LogP contribution in [0.5, 0.6) is 0 Å². The number of halogens is 2. The molecule has 1 amide bonds. The monoisotopic (exact) mass is 307 g/mol. The smallest absolute Gasteiger partial charge is 0.221 e. The SMILES string of the molecule is O=C(CCSc1ccccc1F)NCc1cccc(F)c1. The molecule has 0 saturated carbocycles. The molecule has 0 aliphatic carbocycles. The first-order valence-electron chi connectivity index (χ1n) is 6.53. The van der Waals surface area contributed by atoms with Gasteiger partial charge in [-0.2, -0.15) is 0 Å². The highest BCUT2D eigenvalue weighted by Crippen LogP contribution is 2.21. The summed E-state index contributed by atoms with van der Waals surface area (Å²) in [5, 5.41) is 2.71. The molecule has 2 nitrogen and oxygen atoms in total. The zero-order chi connectivity index (χ0) is 15.1. The molecule has 0 heterocycles. The molecule has 2 aromatic rings. The summed E-state index contributed by atoms with van der Waals surface area (Å²) < 4.78 is 26.3. The number of benzene rings is 2. The van der Waals surface area contributed by atoms with Crippen molar-refractivity contribution in [2.75, 3.05) is 5.75 Å². The minimum absolute atomic E-state index is 0.136. The van der Waals surface area contributed by atoms with Crippen molar-refractivity contribution in [3.05, 3.63) is 65.7 Å². The van der Waals surface area contributed by atoms with E-state index < -0.39 is 0 Å². The predicted molar refractivity (Wildman–Crippen MR) is 80.0 cm³/mol. The Morgan fingerprint density at radius 1 is 1.10 bits per heavy atom. The van der Waals surface area contributed by atoms with Crippen LogP contribution in [0.3, 0.4) is 0 Å². The fourth-order valence-electron chi connectivity index (χ4n) is 1.75. The van der Waals surface area contributed by atoms with Crippen molar-refractivity contribution in [3.63, 3.8) is 0 Å². The molecule has 0 aliphatic rings. The van der Waals surface area contributed by atoms with E-state index in [1.54, 1.807) is 30.3 Å². The summed E-state index contributed by atoms with van der Waals surface area (Å²) in [5.74, 6) is -0.238. The zero-order valence-electron chi connectivity index (χ0n) is 11.3. The summed E-state index contributed by atoms with van der Waals surface area (Å²) >= 11 is 1.30. The highest BCUT2D eigenvalue weighted by molar-refractivity contribution is 7.99. The molecule has 0 bridgehead atoms. The Morgan fingerprint density at radius 2 is 1.90 bits per heavy atom. The molecule has 0 saturated heterocycles. The minimum atomic E-state index is -0.322. The third-order valence-corrected chi connectivity index (χ3v) is 3.85. The predicted octanol–water partition coefficient (Wildman–Crippen LogP) is 3.76. The summed E-state index contributed by atoms with van der Waals surface area (Å²) in [5.41, 5.74) is 0.713. The lowest BCUT2D eigenvalue weighted by Crippen LogP contribution is -2.23. The lowest BCUT2D eigenvalue weighted by molar-refractivity contribution is -0.120. The van der Waals surface area contributed by atoms with E-state index in [0.717, 1.165) is 0 Å². The molecule has 110 valence electrons. The fourth-order valence-corrected chi connectivity index (χ4v) is 2.64. The zero-order valence-corrected chi connectivity index (χ0v) is 12.1. The number of thioether (sulfide) groups is 1. The van der Waals surface area contributed by atoms with Gasteiger partial charge in [0.25, 0.3) is 0 Å². The van der Waals surface area contributed by atoms with Gasteiger partial charge in [0.15, 0.2) is 0 Å². The highest BCUT2D eigenvalue weighted by atomic mass is 32.2. The van der Waals surface area contributed by atoms with Crippen LogP contribution in [0.25, 0.3) is 0 Å². The first kappa shape index (κ1) is 15.5. The topological polar surface area (TPSA) is 29.1 Å². The first-order chi connectivity index (χ1) is 10.1. The van der Waals surface area contributed by atoms with Crippen LogP contribution in [-0.4, -0.2) is 11.7 Å². The number of rotatable bonds is 6. The van der Waals surface area contributed by atoms with Crippen LogP contribution < -0.4 is 5.32 Å². The standard InChI is InChI=1S/C16H15F2NOS/c17-13-5-3-4-12(10-13)11-19-16(20)8-9-21-15-7-2-1-6-14(15)18/h1-7,10H,8-9,11H2,(H,19,20). The Kier molecular flexibility index (Phi) is 5.75. The van der Waals surface area contributed by atoms with Crippen molar-refractivity contribution in [2.45, 2.75) is 17.9 Å². The maximum atomic E-state index is 13.4. The van der Waals surface area contributed by atoms with Crippen LogP contribution in [0.15, 0.2) is 53.4 Å². The van der Waals surface area contributed by atoms with Crippen molar-refractivity contribution < 1.29 is 13.6 Å². The van der Waals surface area contributed by atoms with Crippen LogP contribution in [-0.2, 0) is 11.3 Å². The minimum Gasteiger partial charge on any atom is -0.352 e. The molecule has 5 heteroatoms. The van der Waals surface area contributed by atoms with Gasteiger partial charge in [-0.05, 0) is 29.8 Å². The molecule has 1 N–H and O–H groups in total. The Hall–Kier alpha value is -1.88. The Balaban J connectivity index is 1.72. The quantitative estimate of drug-likeness (QED) is 0.823. The molecule has 0 radical (unpaired) electrons. The van der Waals surface area contributed by atoms with Gasteiger partial charge in [-0.15, -0.1) is 11.8 Å². The Labute approximate surface area is 126 Å². The van der Waals surface area contributed by atoms with Crippen molar-refractivity contribution in [3.8, 4) is 0 Å². The molecule has 0 aliphatic heterocycles. The van der Waals surface area contributed by atoms with E-state index in [1.165, 1.54) is 30.0 Å². The summed E-state index contributed by atoms with van der Waals surface area (Å²) in [6, 6.07) is 12.6. The van der Waals surface area contributed by atoms with Crippen LogP contribution in [0.1, 0.15) is 12.0 Å². The van der Waals surface area contributed by atoms with Gasteiger partial charge < -0.3 is 5.32 Å². The lowest BCUT2D eigenvalue weighted by atomic mass is 10.2. The van der Waals surface area contributed by atoms with Gasteiger partial charge in [-0.1, -0.05) is 24.3 Å². The van der Waals surface area contributed by atoms with Gasteiger partial charge in [0.1, 0.15) is 11.6 Å². The van der Waals surface area contributed by atoms with E-state index in [-0.39, 0.29) is 24.0 Å². The second-order valence-electron chi connectivity index (χ2n) is 4.44.